The molecule has 0 saturated heterocycles. The second kappa shape index (κ2) is 8.31. The van der Waals surface area contributed by atoms with Gasteiger partial charge in [0.05, 0.1) is 15.5 Å². The highest BCUT2D eigenvalue weighted by Crippen LogP contribution is 2.21. The Morgan fingerprint density at radius 2 is 1.81 bits per heavy atom. The van der Waals surface area contributed by atoms with Crippen molar-refractivity contribution in [1.29, 1.82) is 0 Å². The second-order valence-corrected chi connectivity index (χ2v) is 7.20. The van der Waals surface area contributed by atoms with Gasteiger partial charge in [-0.15, -0.1) is 0 Å². The van der Waals surface area contributed by atoms with Crippen LogP contribution in [-0.2, 0) is 19.6 Å². The van der Waals surface area contributed by atoms with Crippen LogP contribution in [0.4, 0.5) is 5.69 Å². The number of para-hydroxylation sites is 1. The molecule has 0 heterocycles. The van der Waals surface area contributed by atoms with E-state index in [1.165, 1.54) is 17.0 Å². The second-order valence-electron chi connectivity index (χ2n) is 5.24. The summed E-state index contributed by atoms with van der Waals surface area (Å²) in [5.41, 5.74) is 0.485. The number of carbonyl (C=O) groups excluding carboxylic acids is 2. The van der Waals surface area contributed by atoms with E-state index in [-0.39, 0.29) is 15.5 Å². The lowest BCUT2D eigenvalue weighted by atomic mass is 10.2. The SMILES string of the molecule is CCN(C(=O)COC(=O)c1cc(S(N)(=O)=O)ccc1Cl)c1ccccc1. The molecule has 0 radical (unpaired) electrons. The summed E-state index contributed by atoms with van der Waals surface area (Å²) in [7, 11) is -4.00. The van der Waals surface area contributed by atoms with Gasteiger partial charge < -0.3 is 9.64 Å². The molecule has 0 atom stereocenters. The van der Waals surface area contributed by atoms with Crippen LogP contribution in [0.25, 0.3) is 0 Å². The van der Waals surface area contributed by atoms with Crippen molar-refractivity contribution in [2.45, 2.75) is 11.8 Å². The monoisotopic (exact) mass is 396 g/mol. The molecule has 0 spiro atoms. The van der Waals surface area contributed by atoms with Gasteiger partial charge in [0.1, 0.15) is 0 Å². The van der Waals surface area contributed by atoms with Crippen molar-refractivity contribution >= 4 is 39.2 Å². The number of anilines is 1. The van der Waals surface area contributed by atoms with Crippen LogP contribution in [0.15, 0.2) is 53.4 Å². The van der Waals surface area contributed by atoms with Crippen LogP contribution in [0.5, 0.6) is 0 Å². The maximum absolute atomic E-state index is 12.3. The van der Waals surface area contributed by atoms with Crippen molar-refractivity contribution in [2.75, 3.05) is 18.1 Å². The Hall–Kier alpha value is -2.42. The summed E-state index contributed by atoms with van der Waals surface area (Å²) >= 11 is 5.91. The Labute approximate surface area is 156 Å². The molecule has 2 N–H and O–H groups in total. The first-order chi connectivity index (χ1) is 12.2. The molecule has 138 valence electrons. The number of primary sulfonamides is 1. The highest BCUT2D eigenvalue weighted by atomic mass is 35.5. The number of carbonyl (C=O) groups is 2. The van der Waals surface area contributed by atoms with Gasteiger partial charge in [-0.05, 0) is 37.3 Å². The minimum Gasteiger partial charge on any atom is -0.452 e. The Morgan fingerprint density at radius 3 is 2.38 bits per heavy atom. The average molecular weight is 397 g/mol. The molecule has 0 saturated carbocycles. The third-order valence-electron chi connectivity index (χ3n) is 3.50. The molecule has 0 unspecified atom stereocenters. The molecule has 9 heteroatoms. The molecular weight excluding hydrogens is 380 g/mol. The van der Waals surface area contributed by atoms with E-state index in [0.717, 1.165) is 6.07 Å². The molecule has 1 amide bonds. The minimum absolute atomic E-state index is 0.00902. The van der Waals surface area contributed by atoms with Crippen LogP contribution < -0.4 is 10.0 Å². The van der Waals surface area contributed by atoms with Gasteiger partial charge in [0.15, 0.2) is 6.61 Å². The van der Waals surface area contributed by atoms with E-state index < -0.39 is 28.5 Å². The zero-order valence-electron chi connectivity index (χ0n) is 13.9. The van der Waals surface area contributed by atoms with Crippen molar-refractivity contribution in [1.82, 2.24) is 0 Å². The summed E-state index contributed by atoms with van der Waals surface area (Å²) in [4.78, 5) is 25.7. The van der Waals surface area contributed by atoms with E-state index in [0.29, 0.717) is 12.2 Å². The van der Waals surface area contributed by atoms with Crippen molar-refractivity contribution in [3.8, 4) is 0 Å². The Kier molecular flexibility index (Phi) is 6.36. The Balaban J connectivity index is 2.12. The predicted octanol–water partition coefficient (Wildman–Crippen LogP) is 2.20. The van der Waals surface area contributed by atoms with Gasteiger partial charge in [-0.25, -0.2) is 18.4 Å². The minimum atomic E-state index is -4.00. The summed E-state index contributed by atoms with van der Waals surface area (Å²) in [6.45, 7) is 1.67. The first-order valence-electron chi connectivity index (χ1n) is 7.59. The van der Waals surface area contributed by atoms with Crippen molar-refractivity contribution in [2.24, 2.45) is 5.14 Å². The molecule has 0 aromatic heterocycles. The quantitative estimate of drug-likeness (QED) is 0.753. The van der Waals surface area contributed by atoms with Gasteiger partial charge in [0, 0.05) is 12.2 Å². The third kappa shape index (κ3) is 4.81. The van der Waals surface area contributed by atoms with Crippen LogP contribution in [-0.4, -0.2) is 33.4 Å². The van der Waals surface area contributed by atoms with Crippen LogP contribution in [0.1, 0.15) is 17.3 Å². The van der Waals surface area contributed by atoms with E-state index in [9.17, 15) is 18.0 Å². The molecule has 7 nitrogen and oxygen atoms in total. The molecule has 0 aliphatic carbocycles. The number of halogens is 1. The normalized spacial score (nSPS) is 11.0. The highest BCUT2D eigenvalue weighted by Gasteiger charge is 2.20. The van der Waals surface area contributed by atoms with Crippen LogP contribution >= 0.6 is 11.6 Å². The summed E-state index contributed by atoms with van der Waals surface area (Å²) in [6, 6.07) is 12.3. The smallest absolute Gasteiger partial charge is 0.340 e. The number of ether oxygens (including phenoxy) is 1. The summed E-state index contributed by atoms with van der Waals surface area (Å²) in [5.74, 6) is -1.34. The van der Waals surface area contributed by atoms with E-state index >= 15 is 0 Å². The number of amides is 1. The molecular formula is C17H17ClN2O5S. The molecule has 26 heavy (non-hydrogen) atoms. The van der Waals surface area contributed by atoms with Gasteiger partial charge in [0.2, 0.25) is 10.0 Å². The number of nitrogens with zero attached hydrogens (tertiary/aromatic N) is 1. The third-order valence-corrected chi connectivity index (χ3v) is 4.74. The number of benzene rings is 2. The fourth-order valence-electron chi connectivity index (χ4n) is 2.23. The van der Waals surface area contributed by atoms with Gasteiger partial charge in [-0.1, -0.05) is 29.8 Å². The molecule has 0 bridgehead atoms. The zero-order valence-corrected chi connectivity index (χ0v) is 15.5. The number of esters is 1. The fourth-order valence-corrected chi connectivity index (χ4v) is 2.97. The molecule has 0 aliphatic heterocycles. The molecule has 2 rings (SSSR count). The Bertz CT molecular complexity index is 916. The topological polar surface area (TPSA) is 107 Å². The van der Waals surface area contributed by atoms with Crippen LogP contribution in [0.2, 0.25) is 5.02 Å². The lowest BCUT2D eigenvalue weighted by Gasteiger charge is -2.20. The molecule has 2 aromatic carbocycles. The van der Waals surface area contributed by atoms with E-state index in [2.05, 4.69) is 0 Å². The molecule has 0 aliphatic rings. The van der Waals surface area contributed by atoms with Crippen molar-refractivity contribution in [3.63, 3.8) is 0 Å². The predicted molar refractivity (Wildman–Crippen MR) is 97.6 cm³/mol. The van der Waals surface area contributed by atoms with Gasteiger partial charge in [-0.3, -0.25) is 4.79 Å². The average Bonchev–Trinajstić information content (AvgIpc) is 2.60. The first-order valence-corrected chi connectivity index (χ1v) is 9.51. The standard InChI is InChI=1S/C17H17ClN2O5S/c1-2-20(12-6-4-3-5-7-12)16(21)11-25-17(22)14-10-13(26(19,23)24)8-9-15(14)18/h3-10H,2,11H2,1H3,(H2,19,23,24). The van der Waals surface area contributed by atoms with Crippen LogP contribution in [0.3, 0.4) is 0 Å². The highest BCUT2D eigenvalue weighted by molar-refractivity contribution is 7.89. The van der Waals surface area contributed by atoms with Crippen molar-refractivity contribution < 1.29 is 22.7 Å². The summed E-state index contributed by atoms with van der Waals surface area (Å²) in [5, 5.41) is 5.03. The van der Waals surface area contributed by atoms with Gasteiger partial charge >= 0.3 is 5.97 Å². The molecule has 2 aromatic rings. The van der Waals surface area contributed by atoms with E-state index in [1.54, 1.807) is 31.2 Å². The Morgan fingerprint density at radius 1 is 1.15 bits per heavy atom. The summed E-state index contributed by atoms with van der Waals surface area (Å²) < 4.78 is 27.8. The number of hydrogen-bond donors (Lipinski definition) is 1. The number of sulfonamides is 1. The van der Waals surface area contributed by atoms with Gasteiger partial charge in [-0.2, -0.15) is 0 Å². The largest absolute Gasteiger partial charge is 0.452 e. The van der Waals surface area contributed by atoms with E-state index in [1.807, 2.05) is 6.07 Å². The van der Waals surface area contributed by atoms with Crippen molar-refractivity contribution in [3.05, 3.63) is 59.1 Å². The summed E-state index contributed by atoms with van der Waals surface area (Å²) in [6.07, 6.45) is 0. The maximum Gasteiger partial charge on any atom is 0.340 e. The maximum atomic E-state index is 12.3. The number of rotatable bonds is 6. The van der Waals surface area contributed by atoms with Gasteiger partial charge in [0.25, 0.3) is 5.91 Å². The lowest BCUT2D eigenvalue weighted by Crippen LogP contribution is -2.34. The zero-order chi connectivity index (χ0) is 19.3. The first kappa shape index (κ1) is 19.9. The number of hydrogen-bond acceptors (Lipinski definition) is 5. The lowest BCUT2D eigenvalue weighted by molar-refractivity contribution is -0.121. The fraction of sp³-hybridized carbons (Fsp3) is 0.176. The van der Waals surface area contributed by atoms with Crippen LogP contribution in [0, 0.1) is 0 Å². The molecule has 0 fully saturated rings. The number of nitrogens with two attached hydrogens (primary N) is 1. The van der Waals surface area contributed by atoms with E-state index in [4.69, 9.17) is 21.5 Å². The number of likely N-dealkylation sites (N-methyl/N-ethyl adjacent to an activating group) is 1.